The molecule has 1 aromatic carbocycles. The molecule has 2 rings (SSSR count). The van der Waals surface area contributed by atoms with Crippen molar-refractivity contribution >= 4 is 22.5 Å². The predicted molar refractivity (Wildman–Crippen MR) is 60.5 cm³/mol. The van der Waals surface area contributed by atoms with Gasteiger partial charge in [0.2, 0.25) is 0 Å². The fraction of sp³-hybridized carbons (Fsp3) is 0.273. The minimum absolute atomic E-state index is 0.342. The summed E-state index contributed by atoms with van der Waals surface area (Å²) in [5, 5.41) is 1.85. The van der Waals surface area contributed by atoms with Crippen molar-refractivity contribution < 1.29 is 0 Å². The first-order chi connectivity index (χ1) is 6.47. The van der Waals surface area contributed by atoms with E-state index in [4.69, 9.17) is 17.3 Å². The Labute approximate surface area is 88.1 Å². The molecule has 74 valence electrons. The lowest BCUT2D eigenvalue weighted by Crippen LogP contribution is -2.28. The van der Waals surface area contributed by atoms with Crippen molar-refractivity contribution in [2.24, 2.45) is 5.73 Å². The van der Waals surface area contributed by atoms with Crippen LogP contribution in [0.25, 0.3) is 10.9 Å². The van der Waals surface area contributed by atoms with Crippen LogP contribution >= 0.6 is 11.6 Å². The number of nitrogens with one attached hydrogen (secondary N) is 1. The number of aromatic nitrogens is 1. The summed E-state index contributed by atoms with van der Waals surface area (Å²) in [5.74, 6) is 0. The van der Waals surface area contributed by atoms with Crippen LogP contribution in [-0.4, -0.2) is 4.98 Å². The van der Waals surface area contributed by atoms with Gasteiger partial charge in [-0.25, -0.2) is 0 Å². The first-order valence-electron chi connectivity index (χ1n) is 4.54. The molecule has 0 aliphatic carbocycles. The monoisotopic (exact) mass is 208 g/mol. The van der Waals surface area contributed by atoms with Crippen molar-refractivity contribution in [3.63, 3.8) is 0 Å². The van der Waals surface area contributed by atoms with E-state index in [0.29, 0.717) is 0 Å². The van der Waals surface area contributed by atoms with E-state index in [1.165, 1.54) is 0 Å². The first kappa shape index (κ1) is 9.56. The molecule has 0 radical (unpaired) electrons. The highest BCUT2D eigenvalue weighted by Gasteiger charge is 2.16. The average Bonchev–Trinajstić information content (AvgIpc) is 2.45. The van der Waals surface area contributed by atoms with E-state index >= 15 is 0 Å². The van der Waals surface area contributed by atoms with E-state index in [2.05, 4.69) is 4.98 Å². The molecule has 0 fully saturated rings. The van der Waals surface area contributed by atoms with Crippen molar-refractivity contribution in [1.29, 1.82) is 0 Å². The summed E-state index contributed by atoms with van der Waals surface area (Å²) >= 11 is 5.90. The quantitative estimate of drug-likeness (QED) is 0.743. The van der Waals surface area contributed by atoms with Gasteiger partial charge in [-0.2, -0.15) is 0 Å². The summed E-state index contributed by atoms with van der Waals surface area (Å²) in [7, 11) is 0. The molecule has 0 saturated carbocycles. The van der Waals surface area contributed by atoms with Crippen LogP contribution in [0, 0.1) is 0 Å². The molecule has 0 aliphatic rings. The fourth-order valence-electron chi connectivity index (χ4n) is 1.45. The molecule has 1 heterocycles. The Kier molecular flexibility index (Phi) is 2.05. The topological polar surface area (TPSA) is 41.8 Å². The zero-order valence-electron chi connectivity index (χ0n) is 8.26. The normalized spacial score (nSPS) is 12.3. The van der Waals surface area contributed by atoms with E-state index in [0.717, 1.165) is 21.6 Å². The molecule has 2 nitrogen and oxygen atoms in total. The van der Waals surface area contributed by atoms with Gasteiger partial charge in [0.25, 0.3) is 0 Å². The van der Waals surface area contributed by atoms with Gasteiger partial charge in [0.15, 0.2) is 0 Å². The minimum Gasteiger partial charge on any atom is -0.357 e. The Hall–Kier alpha value is -0.990. The second-order valence-electron chi connectivity index (χ2n) is 4.14. The van der Waals surface area contributed by atoms with Crippen LogP contribution in [0.3, 0.4) is 0 Å². The van der Waals surface area contributed by atoms with Crippen LogP contribution in [0.2, 0.25) is 5.02 Å². The van der Waals surface area contributed by atoms with Crippen LogP contribution in [0.5, 0.6) is 0 Å². The zero-order chi connectivity index (χ0) is 10.3. The van der Waals surface area contributed by atoms with Gasteiger partial charge in [-0.15, -0.1) is 0 Å². The molecular weight excluding hydrogens is 196 g/mol. The molecule has 0 aliphatic heterocycles. The average molecular weight is 209 g/mol. The van der Waals surface area contributed by atoms with E-state index < -0.39 is 0 Å². The molecule has 1 aromatic heterocycles. The van der Waals surface area contributed by atoms with Gasteiger partial charge >= 0.3 is 0 Å². The Bertz CT molecular complexity index is 466. The molecule has 0 bridgehead atoms. The number of halogens is 1. The molecule has 0 spiro atoms. The number of aromatic amines is 1. The summed E-state index contributed by atoms with van der Waals surface area (Å²) in [6.07, 6.45) is 0. The third-order valence-electron chi connectivity index (χ3n) is 2.28. The third-order valence-corrected chi connectivity index (χ3v) is 2.51. The van der Waals surface area contributed by atoms with Crippen molar-refractivity contribution in [2.75, 3.05) is 0 Å². The summed E-state index contributed by atoms with van der Waals surface area (Å²) in [4.78, 5) is 3.28. The van der Waals surface area contributed by atoms with Gasteiger partial charge in [0, 0.05) is 21.6 Å². The summed E-state index contributed by atoms with van der Waals surface area (Å²) < 4.78 is 0. The van der Waals surface area contributed by atoms with E-state index in [-0.39, 0.29) is 5.54 Å². The number of benzene rings is 1. The standard InChI is InChI=1S/C11H13ClN2/c1-11(2,13)10-6-7-5-8(12)3-4-9(7)14-10/h3-6,14H,13H2,1-2H3. The van der Waals surface area contributed by atoms with Crippen LogP contribution in [-0.2, 0) is 5.54 Å². The van der Waals surface area contributed by atoms with Gasteiger partial charge in [-0.1, -0.05) is 11.6 Å². The lowest BCUT2D eigenvalue weighted by Gasteiger charge is -2.15. The number of hydrogen-bond acceptors (Lipinski definition) is 1. The van der Waals surface area contributed by atoms with E-state index in [9.17, 15) is 0 Å². The first-order valence-corrected chi connectivity index (χ1v) is 4.92. The highest BCUT2D eigenvalue weighted by Crippen LogP contribution is 2.24. The van der Waals surface area contributed by atoms with Crippen molar-refractivity contribution in [1.82, 2.24) is 4.98 Å². The van der Waals surface area contributed by atoms with Crippen molar-refractivity contribution in [2.45, 2.75) is 19.4 Å². The van der Waals surface area contributed by atoms with Gasteiger partial charge in [-0.3, -0.25) is 0 Å². The maximum Gasteiger partial charge on any atom is 0.0504 e. The second-order valence-corrected chi connectivity index (χ2v) is 4.57. The Balaban J connectivity index is 2.63. The highest BCUT2D eigenvalue weighted by molar-refractivity contribution is 6.31. The van der Waals surface area contributed by atoms with Gasteiger partial charge < -0.3 is 10.7 Å². The molecule has 0 atom stereocenters. The molecule has 2 aromatic rings. The summed E-state index contributed by atoms with van der Waals surface area (Å²) in [6.45, 7) is 3.94. The zero-order valence-corrected chi connectivity index (χ0v) is 9.02. The van der Waals surface area contributed by atoms with E-state index in [1.807, 2.05) is 38.1 Å². The SMILES string of the molecule is CC(C)(N)c1cc2cc(Cl)ccc2[nH]1. The second kappa shape index (κ2) is 3.01. The maximum absolute atomic E-state index is 5.99. The van der Waals surface area contributed by atoms with Crippen molar-refractivity contribution in [3.8, 4) is 0 Å². The Morgan fingerprint density at radius 3 is 2.64 bits per heavy atom. The van der Waals surface area contributed by atoms with Gasteiger partial charge in [-0.05, 0) is 38.1 Å². The molecular formula is C11H13ClN2. The van der Waals surface area contributed by atoms with Crippen molar-refractivity contribution in [3.05, 3.63) is 35.0 Å². The van der Waals surface area contributed by atoms with Crippen LogP contribution < -0.4 is 5.73 Å². The molecule has 14 heavy (non-hydrogen) atoms. The van der Waals surface area contributed by atoms with Crippen LogP contribution in [0.4, 0.5) is 0 Å². The Morgan fingerprint density at radius 1 is 1.29 bits per heavy atom. The van der Waals surface area contributed by atoms with E-state index in [1.54, 1.807) is 0 Å². The van der Waals surface area contributed by atoms with Crippen LogP contribution in [0.1, 0.15) is 19.5 Å². The smallest absolute Gasteiger partial charge is 0.0504 e. The molecule has 0 amide bonds. The Morgan fingerprint density at radius 2 is 2.00 bits per heavy atom. The molecule has 0 unspecified atom stereocenters. The maximum atomic E-state index is 5.99. The number of hydrogen-bond donors (Lipinski definition) is 2. The highest BCUT2D eigenvalue weighted by atomic mass is 35.5. The summed E-state index contributed by atoms with van der Waals surface area (Å²) in [6, 6.07) is 7.81. The molecule has 3 heteroatoms. The van der Waals surface area contributed by atoms with Crippen LogP contribution in [0.15, 0.2) is 24.3 Å². The number of rotatable bonds is 1. The fourth-order valence-corrected chi connectivity index (χ4v) is 1.63. The lowest BCUT2D eigenvalue weighted by molar-refractivity contribution is 0.540. The van der Waals surface area contributed by atoms with Gasteiger partial charge in [0.1, 0.15) is 0 Å². The molecule has 3 N–H and O–H groups in total. The molecule has 0 saturated heterocycles. The van der Waals surface area contributed by atoms with Gasteiger partial charge in [0.05, 0.1) is 5.54 Å². The lowest BCUT2D eigenvalue weighted by atomic mass is 10.0. The largest absolute Gasteiger partial charge is 0.357 e. The third kappa shape index (κ3) is 1.63. The number of H-pyrrole nitrogens is 1. The number of fused-ring (bicyclic) bond motifs is 1. The predicted octanol–water partition coefficient (Wildman–Crippen LogP) is 3.02. The number of nitrogens with two attached hydrogens (primary N) is 1. The summed E-state index contributed by atoms with van der Waals surface area (Å²) in [5.41, 5.74) is 7.75. The minimum atomic E-state index is -0.342.